The van der Waals surface area contributed by atoms with Crippen LogP contribution in [0.2, 0.25) is 0 Å². The molecule has 1 aromatic carbocycles. The summed E-state index contributed by atoms with van der Waals surface area (Å²) in [6, 6.07) is 5.78. The molecule has 0 spiro atoms. The van der Waals surface area contributed by atoms with Crippen molar-refractivity contribution in [3.63, 3.8) is 0 Å². The molecule has 0 aliphatic carbocycles. The van der Waals surface area contributed by atoms with Gasteiger partial charge in [0.25, 0.3) is 0 Å². The van der Waals surface area contributed by atoms with E-state index in [1.165, 1.54) is 18.6 Å². The number of carbonyl (C=O) groups is 2. The number of likely N-dealkylation sites (tertiary alicyclic amines) is 2. The van der Waals surface area contributed by atoms with Crippen LogP contribution in [-0.4, -0.2) is 53.7 Å². The van der Waals surface area contributed by atoms with Crippen LogP contribution in [0.3, 0.4) is 0 Å². The molecule has 0 bridgehead atoms. The standard InChI is InChI=1S/C20H27FN2O2/c1-2-22-12-4-3-5-18(22)20(25)23-13-10-16(11-14-23)19(24)15-6-8-17(21)9-7-15/h6-9,16,18H,2-5,10-14H2,1H3. The number of hydrogen-bond donors (Lipinski definition) is 0. The number of ketones is 1. The Morgan fingerprint density at radius 3 is 2.36 bits per heavy atom. The Morgan fingerprint density at radius 1 is 1.04 bits per heavy atom. The minimum absolute atomic E-state index is 0.0168. The van der Waals surface area contributed by atoms with Gasteiger partial charge in [-0.3, -0.25) is 14.5 Å². The molecular weight excluding hydrogens is 319 g/mol. The molecule has 5 heteroatoms. The summed E-state index contributed by atoms with van der Waals surface area (Å²) in [5, 5.41) is 0. The van der Waals surface area contributed by atoms with E-state index in [0.29, 0.717) is 31.5 Å². The average molecular weight is 346 g/mol. The molecule has 2 aliphatic rings. The van der Waals surface area contributed by atoms with Crippen molar-refractivity contribution < 1.29 is 14.0 Å². The highest BCUT2D eigenvalue weighted by molar-refractivity contribution is 5.98. The Kier molecular flexibility index (Phi) is 5.84. The van der Waals surface area contributed by atoms with E-state index in [0.717, 1.165) is 25.9 Å². The first-order valence-electron chi connectivity index (χ1n) is 9.42. The van der Waals surface area contributed by atoms with E-state index in [-0.39, 0.29) is 29.5 Å². The number of Topliss-reactive ketones (excluding diaryl/α,β-unsaturated/α-hetero) is 1. The summed E-state index contributed by atoms with van der Waals surface area (Å²) >= 11 is 0. The zero-order valence-electron chi connectivity index (χ0n) is 14.9. The maximum atomic E-state index is 13.0. The highest BCUT2D eigenvalue weighted by Crippen LogP contribution is 2.25. The number of halogens is 1. The number of nitrogens with zero attached hydrogens (tertiary/aromatic N) is 2. The first-order valence-corrected chi connectivity index (χ1v) is 9.42. The molecule has 0 saturated carbocycles. The van der Waals surface area contributed by atoms with Crippen LogP contribution < -0.4 is 0 Å². The number of rotatable bonds is 4. The van der Waals surface area contributed by atoms with Crippen LogP contribution >= 0.6 is 0 Å². The monoisotopic (exact) mass is 346 g/mol. The van der Waals surface area contributed by atoms with Crippen molar-refractivity contribution >= 4 is 11.7 Å². The number of carbonyl (C=O) groups excluding carboxylic acids is 2. The third-order valence-electron chi connectivity index (χ3n) is 5.61. The van der Waals surface area contributed by atoms with E-state index in [9.17, 15) is 14.0 Å². The van der Waals surface area contributed by atoms with E-state index in [2.05, 4.69) is 11.8 Å². The molecular formula is C20H27FN2O2. The van der Waals surface area contributed by atoms with Crippen LogP contribution in [0.4, 0.5) is 4.39 Å². The van der Waals surface area contributed by atoms with Gasteiger partial charge in [0.05, 0.1) is 6.04 Å². The Hall–Kier alpha value is -1.75. The maximum absolute atomic E-state index is 13.0. The van der Waals surface area contributed by atoms with Gasteiger partial charge in [-0.05, 0) is 63.0 Å². The van der Waals surface area contributed by atoms with Crippen LogP contribution in [0.1, 0.15) is 49.4 Å². The highest BCUT2D eigenvalue weighted by Gasteiger charge is 2.34. The lowest BCUT2D eigenvalue weighted by molar-refractivity contribution is -0.139. The molecule has 1 atom stereocenters. The van der Waals surface area contributed by atoms with Crippen LogP contribution in [0.25, 0.3) is 0 Å². The molecule has 1 amide bonds. The first-order chi connectivity index (χ1) is 12.1. The van der Waals surface area contributed by atoms with Gasteiger partial charge >= 0.3 is 0 Å². The lowest BCUT2D eigenvalue weighted by Crippen LogP contribution is -2.52. The van der Waals surface area contributed by atoms with Crippen molar-refractivity contribution in [3.8, 4) is 0 Å². The highest BCUT2D eigenvalue weighted by atomic mass is 19.1. The normalized spacial score (nSPS) is 22.8. The lowest BCUT2D eigenvalue weighted by Gasteiger charge is -2.39. The molecule has 2 aliphatic heterocycles. The van der Waals surface area contributed by atoms with Crippen molar-refractivity contribution in [1.29, 1.82) is 0 Å². The molecule has 2 heterocycles. The van der Waals surface area contributed by atoms with Crippen LogP contribution in [0.5, 0.6) is 0 Å². The van der Waals surface area contributed by atoms with E-state index in [1.54, 1.807) is 12.1 Å². The van der Waals surface area contributed by atoms with Crippen LogP contribution in [0.15, 0.2) is 24.3 Å². The average Bonchev–Trinajstić information content (AvgIpc) is 2.67. The van der Waals surface area contributed by atoms with Gasteiger partial charge in [0.2, 0.25) is 5.91 Å². The Labute approximate surface area is 149 Å². The topological polar surface area (TPSA) is 40.6 Å². The van der Waals surface area contributed by atoms with Gasteiger partial charge in [0, 0.05) is 24.6 Å². The Bertz CT molecular complexity index is 609. The molecule has 0 N–H and O–H groups in total. The van der Waals surface area contributed by atoms with Crippen molar-refractivity contribution in [2.24, 2.45) is 5.92 Å². The van der Waals surface area contributed by atoms with Crippen molar-refractivity contribution in [2.75, 3.05) is 26.2 Å². The minimum atomic E-state index is -0.329. The number of piperidine rings is 2. The molecule has 1 unspecified atom stereocenters. The fourth-order valence-corrected chi connectivity index (χ4v) is 4.07. The Morgan fingerprint density at radius 2 is 1.72 bits per heavy atom. The minimum Gasteiger partial charge on any atom is -0.341 e. The summed E-state index contributed by atoms with van der Waals surface area (Å²) < 4.78 is 13.0. The van der Waals surface area contributed by atoms with Crippen LogP contribution in [0, 0.1) is 11.7 Å². The SMILES string of the molecule is CCN1CCCCC1C(=O)N1CCC(C(=O)c2ccc(F)cc2)CC1. The largest absolute Gasteiger partial charge is 0.341 e. The van der Waals surface area contributed by atoms with Gasteiger partial charge < -0.3 is 4.90 Å². The predicted molar refractivity (Wildman–Crippen MR) is 94.9 cm³/mol. The summed E-state index contributed by atoms with van der Waals surface area (Å²) in [6.07, 6.45) is 4.63. The zero-order valence-corrected chi connectivity index (χ0v) is 14.9. The zero-order chi connectivity index (χ0) is 17.8. The van der Waals surface area contributed by atoms with E-state index in [1.807, 2.05) is 4.90 Å². The second-order valence-corrected chi connectivity index (χ2v) is 7.11. The molecule has 0 aromatic heterocycles. The third-order valence-corrected chi connectivity index (χ3v) is 5.61. The molecule has 3 rings (SSSR count). The van der Waals surface area contributed by atoms with Crippen molar-refractivity contribution in [1.82, 2.24) is 9.80 Å². The van der Waals surface area contributed by atoms with Gasteiger partial charge in [0.1, 0.15) is 5.82 Å². The van der Waals surface area contributed by atoms with E-state index >= 15 is 0 Å². The van der Waals surface area contributed by atoms with Crippen molar-refractivity contribution in [3.05, 3.63) is 35.6 Å². The van der Waals surface area contributed by atoms with Gasteiger partial charge in [-0.1, -0.05) is 13.3 Å². The number of amides is 1. The molecule has 4 nitrogen and oxygen atoms in total. The van der Waals surface area contributed by atoms with Gasteiger partial charge in [-0.15, -0.1) is 0 Å². The summed E-state index contributed by atoms with van der Waals surface area (Å²) in [5.74, 6) is -0.0951. The third kappa shape index (κ3) is 4.09. The summed E-state index contributed by atoms with van der Waals surface area (Å²) in [7, 11) is 0. The molecule has 25 heavy (non-hydrogen) atoms. The number of hydrogen-bond acceptors (Lipinski definition) is 3. The van der Waals surface area contributed by atoms with Crippen LogP contribution in [-0.2, 0) is 4.79 Å². The molecule has 0 radical (unpaired) electrons. The van der Waals surface area contributed by atoms with Gasteiger partial charge in [0.15, 0.2) is 5.78 Å². The predicted octanol–water partition coefficient (Wildman–Crippen LogP) is 3.12. The number of likely N-dealkylation sites (N-methyl/N-ethyl adjacent to an activating group) is 1. The fraction of sp³-hybridized carbons (Fsp3) is 0.600. The lowest BCUT2D eigenvalue weighted by atomic mass is 9.88. The fourth-order valence-electron chi connectivity index (χ4n) is 4.07. The summed E-state index contributed by atoms with van der Waals surface area (Å²) in [6.45, 7) is 5.32. The first kappa shape index (κ1) is 18.1. The molecule has 2 saturated heterocycles. The van der Waals surface area contributed by atoms with Gasteiger partial charge in [-0.2, -0.15) is 0 Å². The second kappa shape index (κ2) is 8.09. The maximum Gasteiger partial charge on any atom is 0.239 e. The van der Waals surface area contributed by atoms with Gasteiger partial charge in [-0.25, -0.2) is 4.39 Å². The molecule has 1 aromatic rings. The number of benzene rings is 1. The second-order valence-electron chi connectivity index (χ2n) is 7.11. The molecule has 136 valence electrons. The smallest absolute Gasteiger partial charge is 0.239 e. The molecule has 2 fully saturated rings. The Balaban J connectivity index is 1.56. The van der Waals surface area contributed by atoms with E-state index in [4.69, 9.17) is 0 Å². The van der Waals surface area contributed by atoms with E-state index < -0.39 is 0 Å². The summed E-state index contributed by atoms with van der Waals surface area (Å²) in [5.41, 5.74) is 0.565. The summed E-state index contributed by atoms with van der Waals surface area (Å²) in [4.78, 5) is 29.6. The van der Waals surface area contributed by atoms with Crippen molar-refractivity contribution in [2.45, 2.75) is 45.1 Å². The quantitative estimate of drug-likeness (QED) is 0.787.